The second-order valence-electron chi connectivity index (χ2n) is 5.38. The van der Waals surface area contributed by atoms with Crippen LogP contribution >= 0.6 is 11.3 Å². The molecule has 2 aromatic heterocycles. The number of carbonyl (C=O) groups excluding carboxylic acids is 1. The molecule has 0 radical (unpaired) electrons. The molecule has 1 amide bonds. The Labute approximate surface area is 133 Å². The van der Waals surface area contributed by atoms with Gasteiger partial charge in [-0.3, -0.25) is 4.79 Å². The van der Waals surface area contributed by atoms with E-state index in [0.29, 0.717) is 25.5 Å². The lowest BCUT2D eigenvalue weighted by molar-refractivity contribution is -0.0245. The van der Waals surface area contributed by atoms with Crippen LogP contribution in [0.3, 0.4) is 0 Å². The lowest BCUT2D eigenvalue weighted by Crippen LogP contribution is -2.45. The van der Waals surface area contributed by atoms with E-state index >= 15 is 0 Å². The normalized spacial score (nSPS) is 18.4. The lowest BCUT2D eigenvalue weighted by atomic mass is 10.1. The minimum atomic E-state index is 0.0747. The summed E-state index contributed by atoms with van der Waals surface area (Å²) in [4.78, 5) is 18.3. The highest BCUT2D eigenvalue weighted by atomic mass is 32.1. The van der Waals surface area contributed by atoms with E-state index in [1.165, 1.54) is 0 Å². The van der Waals surface area contributed by atoms with Gasteiger partial charge in [-0.15, -0.1) is 0 Å². The zero-order valence-electron chi connectivity index (χ0n) is 12.3. The summed E-state index contributed by atoms with van der Waals surface area (Å²) in [6.07, 6.45) is 3.54. The number of nitrogens with two attached hydrogens (primary N) is 1. The van der Waals surface area contributed by atoms with Gasteiger partial charge in [0.1, 0.15) is 5.82 Å². The minimum absolute atomic E-state index is 0.0747. The maximum absolute atomic E-state index is 12.4. The van der Waals surface area contributed by atoms with Crippen molar-refractivity contribution in [3.05, 3.63) is 46.3 Å². The van der Waals surface area contributed by atoms with Gasteiger partial charge >= 0.3 is 0 Å². The molecule has 1 fully saturated rings. The van der Waals surface area contributed by atoms with Crippen LogP contribution < -0.4 is 5.73 Å². The number of ether oxygens (including phenoxy) is 1. The van der Waals surface area contributed by atoms with E-state index in [-0.39, 0.29) is 12.0 Å². The fourth-order valence-electron chi connectivity index (χ4n) is 2.62. The molecule has 0 bridgehead atoms. The number of carbonyl (C=O) groups is 1. The van der Waals surface area contributed by atoms with Crippen LogP contribution in [0, 0.1) is 0 Å². The van der Waals surface area contributed by atoms with E-state index < -0.39 is 0 Å². The van der Waals surface area contributed by atoms with Gasteiger partial charge in [0.05, 0.1) is 18.3 Å². The molecule has 0 unspecified atom stereocenters. The average Bonchev–Trinajstić information content (AvgIpc) is 3.07. The fourth-order valence-corrected chi connectivity index (χ4v) is 3.25. The zero-order valence-corrected chi connectivity index (χ0v) is 13.1. The first-order valence-corrected chi connectivity index (χ1v) is 8.30. The number of nitrogen functional groups attached to an aromatic ring is 1. The monoisotopic (exact) mass is 317 g/mol. The van der Waals surface area contributed by atoms with Crippen LogP contribution in [0.1, 0.15) is 22.3 Å². The first-order chi connectivity index (χ1) is 10.7. The van der Waals surface area contributed by atoms with Crippen molar-refractivity contribution in [2.45, 2.75) is 18.9 Å². The standard InChI is InChI=1S/C16H19N3O2S/c17-15-9-12(3-5-18-15)1-2-14-10-19(6-7-21-14)16(20)13-4-8-22-11-13/h3-5,8-9,11,14H,1-2,6-7,10H2,(H2,17,18)/t14-/m0/s1. The van der Waals surface area contributed by atoms with Crippen molar-refractivity contribution in [1.29, 1.82) is 0 Å². The molecule has 1 aliphatic rings. The van der Waals surface area contributed by atoms with Gasteiger partial charge < -0.3 is 15.4 Å². The van der Waals surface area contributed by atoms with Gasteiger partial charge in [0.2, 0.25) is 0 Å². The third-order valence-corrected chi connectivity index (χ3v) is 4.48. The Morgan fingerprint density at radius 1 is 1.50 bits per heavy atom. The van der Waals surface area contributed by atoms with Crippen LogP contribution in [0.15, 0.2) is 35.2 Å². The Morgan fingerprint density at radius 2 is 2.41 bits per heavy atom. The Morgan fingerprint density at radius 3 is 3.18 bits per heavy atom. The highest BCUT2D eigenvalue weighted by Crippen LogP contribution is 2.16. The van der Waals surface area contributed by atoms with Crippen LogP contribution in [0.4, 0.5) is 5.82 Å². The van der Waals surface area contributed by atoms with Gasteiger partial charge in [-0.25, -0.2) is 4.98 Å². The van der Waals surface area contributed by atoms with Crippen LogP contribution in [0.2, 0.25) is 0 Å². The molecule has 22 heavy (non-hydrogen) atoms. The second-order valence-corrected chi connectivity index (χ2v) is 6.16. The third-order valence-electron chi connectivity index (χ3n) is 3.79. The van der Waals surface area contributed by atoms with Crippen LogP contribution in [0.5, 0.6) is 0 Å². The lowest BCUT2D eigenvalue weighted by Gasteiger charge is -2.33. The quantitative estimate of drug-likeness (QED) is 0.938. The molecule has 3 heterocycles. The molecule has 6 heteroatoms. The van der Waals surface area contributed by atoms with E-state index in [9.17, 15) is 4.79 Å². The maximum Gasteiger partial charge on any atom is 0.254 e. The van der Waals surface area contributed by atoms with Crippen molar-refractivity contribution >= 4 is 23.1 Å². The average molecular weight is 317 g/mol. The number of nitrogens with zero attached hydrogens (tertiary/aromatic N) is 2. The summed E-state index contributed by atoms with van der Waals surface area (Å²) in [6.45, 7) is 1.90. The number of hydrogen-bond donors (Lipinski definition) is 1. The summed E-state index contributed by atoms with van der Waals surface area (Å²) >= 11 is 1.55. The number of thiophene rings is 1. The van der Waals surface area contributed by atoms with Crippen LogP contribution in [0.25, 0.3) is 0 Å². The zero-order chi connectivity index (χ0) is 15.4. The Balaban J connectivity index is 1.55. The number of aryl methyl sites for hydroxylation is 1. The number of rotatable bonds is 4. The Bertz CT molecular complexity index is 630. The number of morpholine rings is 1. The predicted octanol–water partition coefficient (Wildman–Crippen LogP) is 2.20. The SMILES string of the molecule is Nc1cc(CC[C@H]2CN(C(=O)c3ccsc3)CCO2)ccn1. The van der Waals surface area contributed by atoms with E-state index in [2.05, 4.69) is 4.98 Å². The fraction of sp³-hybridized carbons (Fsp3) is 0.375. The summed E-state index contributed by atoms with van der Waals surface area (Å²) in [5.74, 6) is 0.638. The predicted molar refractivity (Wildman–Crippen MR) is 86.9 cm³/mol. The molecule has 0 aromatic carbocycles. The van der Waals surface area contributed by atoms with Crippen molar-refractivity contribution in [3.8, 4) is 0 Å². The number of anilines is 1. The maximum atomic E-state index is 12.4. The molecule has 1 aliphatic heterocycles. The molecule has 1 atom stereocenters. The van der Waals surface area contributed by atoms with E-state index in [1.54, 1.807) is 17.5 Å². The van der Waals surface area contributed by atoms with E-state index in [4.69, 9.17) is 10.5 Å². The minimum Gasteiger partial charge on any atom is -0.384 e. The number of amides is 1. The number of hydrogen-bond acceptors (Lipinski definition) is 5. The molecule has 1 saturated heterocycles. The first kappa shape index (κ1) is 15.0. The molecular weight excluding hydrogens is 298 g/mol. The highest BCUT2D eigenvalue weighted by Gasteiger charge is 2.25. The summed E-state index contributed by atoms with van der Waals surface area (Å²) in [6, 6.07) is 5.72. The van der Waals surface area contributed by atoms with Crippen molar-refractivity contribution in [1.82, 2.24) is 9.88 Å². The molecule has 5 nitrogen and oxygen atoms in total. The Hall–Kier alpha value is -1.92. The van der Waals surface area contributed by atoms with Crippen molar-refractivity contribution in [3.63, 3.8) is 0 Å². The first-order valence-electron chi connectivity index (χ1n) is 7.36. The molecule has 0 aliphatic carbocycles. The molecular formula is C16H19N3O2S. The third kappa shape index (κ3) is 3.64. The van der Waals surface area contributed by atoms with Gasteiger partial charge in [0.15, 0.2) is 0 Å². The van der Waals surface area contributed by atoms with E-state index in [0.717, 1.165) is 24.0 Å². The van der Waals surface area contributed by atoms with Crippen molar-refractivity contribution < 1.29 is 9.53 Å². The van der Waals surface area contributed by atoms with Gasteiger partial charge in [-0.05, 0) is 42.0 Å². The molecule has 3 rings (SSSR count). The second kappa shape index (κ2) is 6.89. The van der Waals surface area contributed by atoms with Crippen LogP contribution in [-0.4, -0.2) is 41.6 Å². The molecule has 0 spiro atoms. The highest BCUT2D eigenvalue weighted by molar-refractivity contribution is 7.08. The summed E-state index contributed by atoms with van der Waals surface area (Å²) < 4.78 is 5.79. The smallest absolute Gasteiger partial charge is 0.254 e. The number of aromatic nitrogens is 1. The number of pyridine rings is 1. The van der Waals surface area contributed by atoms with Gasteiger partial charge in [-0.1, -0.05) is 0 Å². The molecule has 2 N–H and O–H groups in total. The van der Waals surface area contributed by atoms with Gasteiger partial charge in [0, 0.05) is 24.7 Å². The van der Waals surface area contributed by atoms with Crippen LogP contribution in [-0.2, 0) is 11.2 Å². The topological polar surface area (TPSA) is 68.5 Å². The van der Waals surface area contributed by atoms with Crippen molar-refractivity contribution in [2.24, 2.45) is 0 Å². The summed E-state index contributed by atoms with van der Waals surface area (Å²) in [5.41, 5.74) is 7.61. The Kier molecular flexibility index (Phi) is 4.70. The summed E-state index contributed by atoms with van der Waals surface area (Å²) in [5, 5.41) is 3.82. The van der Waals surface area contributed by atoms with E-state index in [1.807, 2.05) is 33.9 Å². The molecule has 0 saturated carbocycles. The van der Waals surface area contributed by atoms with Gasteiger partial charge in [-0.2, -0.15) is 11.3 Å². The summed E-state index contributed by atoms with van der Waals surface area (Å²) in [7, 11) is 0. The molecule has 116 valence electrons. The molecule has 2 aromatic rings. The largest absolute Gasteiger partial charge is 0.384 e. The van der Waals surface area contributed by atoms with Crippen molar-refractivity contribution in [2.75, 3.05) is 25.4 Å². The van der Waals surface area contributed by atoms with Gasteiger partial charge in [0.25, 0.3) is 5.91 Å².